The first kappa shape index (κ1) is 20.2. The molecule has 3 amide bonds. The molecule has 8 nitrogen and oxygen atoms in total. The molecule has 4 rings (SSSR count). The molecule has 0 saturated carbocycles. The third-order valence-corrected chi connectivity index (χ3v) is 8.64. The minimum atomic E-state index is -3.69. The van der Waals surface area contributed by atoms with Gasteiger partial charge < -0.3 is 10.6 Å². The number of nitrogens with zero attached hydrogens (tertiary/aromatic N) is 2. The molecule has 2 aliphatic heterocycles. The summed E-state index contributed by atoms with van der Waals surface area (Å²) in [4.78, 5) is 26.3. The van der Waals surface area contributed by atoms with Crippen LogP contribution in [0.15, 0.2) is 40.6 Å². The van der Waals surface area contributed by atoms with Gasteiger partial charge in [0.25, 0.3) is 5.91 Å². The lowest BCUT2D eigenvalue weighted by Gasteiger charge is -2.25. The van der Waals surface area contributed by atoms with Crippen LogP contribution < -0.4 is 15.5 Å². The van der Waals surface area contributed by atoms with Gasteiger partial charge in [-0.15, -0.1) is 11.3 Å². The quantitative estimate of drug-likeness (QED) is 0.725. The minimum Gasteiger partial charge on any atom is -0.336 e. The van der Waals surface area contributed by atoms with Crippen LogP contribution in [0.2, 0.25) is 0 Å². The lowest BCUT2D eigenvalue weighted by atomic mass is 10.2. The van der Waals surface area contributed by atoms with Gasteiger partial charge in [0.1, 0.15) is 9.77 Å². The molecule has 2 aromatic rings. The van der Waals surface area contributed by atoms with Crippen LogP contribution in [0.1, 0.15) is 9.67 Å². The zero-order valence-electron chi connectivity index (χ0n) is 15.5. The molecule has 0 bridgehead atoms. The Bertz CT molecular complexity index is 1010. The summed E-state index contributed by atoms with van der Waals surface area (Å²) < 4.78 is 27.3. The largest absolute Gasteiger partial charge is 0.336 e. The van der Waals surface area contributed by atoms with Crippen molar-refractivity contribution in [3.8, 4) is 0 Å². The average molecular weight is 453 g/mol. The van der Waals surface area contributed by atoms with Gasteiger partial charge >= 0.3 is 6.03 Å². The van der Waals surface area contributed by atoms with Crippen molar-refractivity contribution in [1.82, 2.24) is 9.62 Å². The van der Waals surface area contributed by atoms with E-state index in [0.717, 1.165) is 28.5 Å². The van der Waals surface area contributed by atoms with Crippen molar-refractivity contribution in [2.75, 3.05) is 47.9 Å². The summed E-state index contributed by atoms with van der Waals surface area (Å²) in [6.45, 7) is 2.10. The van der Waals surface area contributed by atoms with Crippen LogP contribution >= 0.6 is 23.1 Å². The molecule has 3 heterocycles. The highest BCUT2D eigenvalue weighted by molar-refractivity contribution is 7.99. The highest BCUT2D eigenvalue weighted by Gasteiger charge is 2.31. The first-order chi connectivity index (χ1) is 14.0. The van der Waals surface area contributed by atoms with Crippen LogP contribution in [0.4, 0.5) is 16.2 Å². The second-order valence-electron chi connectivity index (χ2n) is 6.51. The predicted octanol–water partition coefficient (Wildman–Crippen LogP) is 2.27. The van der Waals surface area contributed by atoms with Crippen molar-refractivity contribution in [2.45, 2.75) is 4.90 Å². The molecule has 0 spiro atoms. The summed E-state index contributed by atoms with van der Waals surface area (Å²) in [6.07, 6.45) is 0. The van der Waals surface area contributed by atoms with Gasteiger partial charge in [-0.05, 0) is 35.7 Å². The number of urea groups is 1. The number of sulfonamides is 1. The van der Waals surface area contributed by atoms with Crippen LogP contribution in [0.5, 0.6) is 0 Å². The topological polar surface area (TPSA) is 98.8 Å². The number of anilines is 2. The smallest absolute Gasteiger partial charge is 0.321 e. The maximum atomic E-state index is 12.9. The Hall–Kier alpha value is -2.08. The summed E-state index contributed by atoms with van der Waals surface area (Å²) in [7, 11) is -3.69. The summed E-state index contributed by atoms with van der Waals surface area (Å²) >= 11 is 2.83. The number of thioether (sulfide) groups is 1. The molecular weight excluding hydrogens is 432 g/mol. The summed E-state index contributed by atoms with van der Waals surface area (Å²) in [5, 5.41) is 7.11. The standard InChI is InChI=1S/C18H20N4O4S3/c23-17(20-13-1-3-14(4-2-13)22-7-6-19-18(22)24)16-15(5-10-28-16)29(25,26)21-8-11-27-12-9-21/h1-5,10H,6-9,11-12H2,(H,19,24)(H,20,23). The van der Waals surface area contributed by atoms with Gasteiger partial charge in [0.15, 0.2) is 0 Å². The lowest BCUT2D eigenvalue weighted by molar-refractivity contribution is 0.102. The van der Waals surface area contributed by atoms with E-state index >= 15 is 0 Å². The van der Waals surface area contributed by atoms with Crippen molar-refractivity contribution in [2.24, 2.45) is 0 Å². The van der Waals surface area contributed by atoms with Gasteiger partial charge in [-0.2, -0.15) is 16.1 Å². The number of thiophene rings is 1. The Kier molecular flexibility index (Phi) is 5.81. The lowest BCUT2D eigenvalue weighted by Crippen LogP contribution is -2.38. The zero-order valence-corrected chi connectivity index (χ0v) is 17.9. The summed E-state index contributed by atoms with van der Waals surface area (Å²) in [6, 6.07) is 8.23. The van der Waals surface area contributed by atoms with Gasteiger partial charge in [-0.25, -0.2) is 13.2 Å². The van der Waals surface area contributed by atoms with E-state index in [1.807, 2.05) is 0 Å². The number of nitrogens with one attached hydrogen (secondary N) is 2. The number of hydrogen-bond donors (Lipinski definition) is 2. The van der Waals surface area contributed by atoms with Crippen LogP contribution in [0.3, 0.4) is 0 Å². The fourth-order valence-electron chi connectivity index (χ4n) is 3.22. The van der Waals surface area contributed by atoms with Crippen molar-refractivity contribution in [3.63, 3.8) is 0 Å². The molecule has 0 atom stereocenters. The molecule has 154 valence electrons. The number of amides is 3. The molecule has 0 radical (unpaired) electrons. The van der Waals surface area contributed by atoms with Gasteiger partial charge in [-0.3, -0.25) is 9.69 Å². The second-order valence-corrected chi connectivity index (χ2v) is 10.6. The molecule has 2 aliphatic rings. The third-order valence-electron chi connectivity index (χ3n) is 4.72. The Morgan fingerprint density at radius 2 is 1.79 bits per heavy atom. The van der Waals surface area contributed by atoms with Crippen LogP contribution in [0, 0.1) is 0 Å². The van der Waals surface area contributed by atoms with Gasteiger partial charge in [0.05, 0.1) is 0 Å². The molecule has 1 aromatic carbocycles. The van der Waals surface area contributed by atoms with E-state index in [9.17, 15) is 18.0 Å². The maximum Gasteiger partial charge on any atom is 0.321 e. The van der Waals surface area contributed by atoms with Crippen molar-refractivity contribution in [1.29, 1.82) is 0 Å². The average Bonchev–Trinajstić information content (AvgIpc) is 3.39. The number of rotatable bonds is 5. The van der Waals surface area contributed by atoms with Crippen molar-refractivity contribution >= 4 is 56.4 Å². The van der Waals surface area contributed by atoms with Crippen molar-refractivity contribution in [3.05, 3.63) is 40.6 Å². The molecule has 0 unspecified atom stereocenters. The Labute approximate surface area is 177 Å². The van der Waals surface area contributed by atoms with E-state index in [1.165, 1.54) is 10.4 Å². The van der Waals surface area contributed by atoms with Gasteiger partial charge in [0.2, 0.25) is 10.0 Å². The van der Waals surface area contributed by atoms with E-state index in [4.69, 9.17) is 0 Å². The van der Waals surface area contributed by atoms with Gasteiger partial charge in [0, 0.05) is 49.1 Å². The van der Waals surface area contributed by atoms with Crippen LogP contribution in [-0.2, 0) is 10.0 Å². The normalized spacial score (nSPS) is 17.9. The van der Waals surface area contributed by atoms with E-state index < -0.39 is 15.9 Å². The highest BCUT2D eigenvalue weighted by atomic mass is 32.2. The summed E-state index contributed by atoms with van der Waals surface area (Å²) in [5.41, 5.74) is 1.27. The molecule has 11 heteroatoms. The molecule has 1 aromatic heterocycles. The van der Waals surface area contributed by atoms with Crippen LogP contribution in [-0.4, -0.2) is 62.3 Å². The number of carbonyl (C=O) groups excluding carboxylic acids is 2. The molecule has 2 fully saturated rings. The van der Waals surface area contributed by atoms with E-state index in [2.05, 4.69) is 10.6 Å². The SMILES string of the molecule is O=C(Nc1ccc(N2CCNC2=O)cc1)c1sccc1S(=O)(=O)N1CCSCC1. The predicted molar refractivity (Wildman–Crippen MR) is 116 cm³/mol. The van der Waals surface area contributed by atoms with E-state index in [1.54, 1.807) is 46.3 Å². The Morgan fingerprint density at radius 1 is 1.07 bits per heavy atom. The van der Waals surface area contributed by atoms with Gasteiger partial charge in [-0.1, -0.05) is 0 Å². The maximum absolute atomic E-state index is 12.9. The summed E-state index contributed by atoms with van der Waals surface area (Å²) in [5.74, 6) is 1.05. The number of hydrogen-bond acceptors (Lipinski definition) is 6. The molecule has 2 saturated heterocycles. The molecule has 0 aliphatic carbocycles. The molecule has 29 heavy (non-hydrogen) atoms. The third kappa shape index (κ3) is 4.13. The Balaban J connectivity index is 1.50. The fraction of sp³-hybridized carbons (Fsp3) is 0.333. The van der Waals surface area contributed by atoms with Crippen molar-refractivity contribution < 1.29 is 18.0 Å². The number of benzene rings is 1. The molecular formula is C18H20N4O4S3. The first-order valence-corrected chi connectivity index (χ1v) is 12.6. The second kappa shape index (κ2) is 8.34. The first-order valence-electron chi connectivity index (χ1n) is 9.09. The Morgan fingerprint density at radius 3 is 2.45 bits per heavy atom. The molecule has 2 N–H and O–H groups in total. The highest BCUT2D eigenvalue weighted by Crippen LogP contribution is 2.28. The fourth-order valence-corrected chi connectivity index (χ4v) is 7.09. The van der Waals surface area contributed by atoms with Crippen LogP contribution in [0.25, 0.3) is 0 Å². The number of carbonyl (C=O) groups is 2. The zero-order chi connectivity index (χ0) is 20.4. The van der Waals surface area contributed by atoms with E-state index in [-0.39, 0.29) is 15.8 Å². The van der Waals surface area contributed by atoms with E-state index in [0.29, 0.717) is 31.9 Å². The monoisotopic (exact) mass is 452 g/mol. The minimum absolute atomic E-state index is 0.0530.